The highest BCUT2D eigenvalue weighted by Crippen LogP contribution is 2.21. The summed E-state index contributed by atoms with van der Waals surface area (Å²) in [6.45, 7) is 4.31. The highest BCUT2D eigenvalue weighted by Gasteiger charge is 2.19. The molecule has 1 atom stereocenters. The number of hydrogen-bond acceptors (Lipinski definition) is 2. The molecular formula is C7H10IN3. The van der Waals surface area contributed by atoms with E-state index >= 15 is 0 Å². The third-order valence-corrected chi connectivity index (χ3v) is 2.70. The van der Waals surface area contributed by atoms with E-state index < -0.39 is 0 Å². The van der Waals surface area contributed by atoms with E-state index in [-0.39, 0.29) is 0 Å². The van der Waals surface area contributed by atoms with Crippen molar-refractivity contribution < 1.29 is 0 Å². The molecule has 3 nitrogen and oxygen atoms in total. The Morgan fingerprint density at radius 1 is 1.73 bits per heavy atom. The van der Waals surface area contributed by atoms with E-state index in [1.807, 2.05) is 6.20 Å². The normalized spacial score (nSPS) is 25.1. The zero-order chi connectivity index (χ0) is 7.84. The molecule has 0 spiro atoms. The number of aromatic nitrogens is 2. The average molecular weight is 263 g/mol. The molecule has 1 aliphatic rings. The van der Waals surface area contributed by atoms with Crippen molar-refractivity contribution in [1.29, 1.82) is 0 Å². The second kappa shape index (κ2) is 2.75. The number of hydrogen-bond donors (Lipinski definition) is 0. The molecule has 0 aliphatic carbocycles. The van der Waals surface area contributed by atoms with Gasteiger partial charge in [0.1, 0.15) is 0 Å². The zero-order valence-electron chi connectivity index (χ0n) is 6.37. The Kier molecular flexibility index (Phi) is 1.88. The van der Waals surface area contributed by atoms with E-state index in [0.717, 1.165) is 13.1 Å². The van der Waals surface area contributed by atoms with Crippen LogP contribution in [0.4, 0.5) is 0 Å². The quantitative estimate of drug-likeness (QED) is 0.523. The topological polar surface area (TPSA) is 21.1 Å². The van der Waals surface area contributed by atoms with E-state index in [0.29, 0.717) is 6.04 Å². The van der Waals surface area contributed by atoms with Crippen molar-refractivity contribution in [2.24, 2.45) is 0 Å². The first-order valence-corrected chi connectivity index (χ1v) is 4.67. The maximum absolute atomic E-state index is 4.26. The largest absolute Gasteiger partial charge is 0.264 e. The van der Waals surface area contributed by atoms with Gasteiger partial charge in [-0.05, 0) is 13.0 Å². The lowest BCUT2D eigenvalue weighted by atomic mass is 10.2. The van der Waals surface area contributed by atoms with Crippen molar-refractivity contribution in [1.82, 2.24) is 12.9 Å². The van der Waals surface area contributed by atoms with Crippen LogP contribution in [0.25, 0.3) is 0 Å². The van der Waals surface area contributed by atoms with Gasteiger partial charge in [-0.15, -0.1) is 0 Å². The van der Waals surface area contributed by atoms with E-state index in [2.05, 4.69) is 48.7 Å². The molecule has 11 heavy (non-hydrogen) atoms. The summed E-state index contributed by atoms with van der Waals surface area (Å²) in [5.74, 6) is 0. The van der Waals surface area contributed by atoms with Crippen LogP contribution in [0.3, 0.4) is 0 Å². The lowest BCUT2D eigenvalue weighted by Crippen LogP contribution is -2.29. The third kappa shape index (κ3) is 1.29. The summed E-state index contributed by atoms with van der Waals surface area (Å²) in [4.78, 5) is 0. The van der Waals surface area contributed by atoms with Crippen LogP contribution in [0, 0.1) is 0 Å². The average Bonchev–Trinajstić information content (AvgIpc) is 2.34. The Hall–Kier alpha value is -0.100. The minimum absolute atomic E-state index is 0.519. The van der Waals surface area contributed by atoms with Crippen LogP contribution in [-0.4, -0.2) is 19.4 Å². The van der Waals surface area contributed by atoms with Crippen LogP contribution in [0.2, 0.25) is 0 Å². The first-order chi connectivity index (χ1) is 5.27. The van der Waals surface area contributed by atoms with Gasteiger partial charge in [-0.2, -0.15) is 5.10 Å². The maximum Gasteiger partial charge on any atom is 0.0630 e. The molecule has 0 amide bonds. The number of rotatable bonds is 0. The molecule has 2 heterocycles. The fraction of sp³-hybridized carbons (Fsp3) is 0.571. The molecule has 1 unspecified atom stereocenters. The van der Waals surface area contributed by atoms with Gasteiger partial charge in [0.05, 0.1) is 18.3 Å². The smallest absolute Gasteiger partial charge is 0.0630 e. The first kappa shape index (κ1) is 7.54. The molecule has 2 rings (SSSR count). The molecule has 0 saturated heterocycles. The first-order valence-electron chi connectivity index (χ1n) is 3.70. The Morgan fingerprint density at radius 3 is 3.36 bits per heavy atom. The monoisotopic (exact) mass is 263 g/mol. The standard InChI is InChI=1S/C7H10IN3/c1-6-4-10(8)5-7-2-3-9-11(6)7/h2-3,6H,4-5H2,1H3. The van der Waals surface area contributed by atoms with Crippen molar-refractivity contribution in [3.05, 3.63) is 18.0 Å². The van der Waals surface area contributed by atoms with Gasteiger partial charge in [0.25, 0.3) is 0 Å². The van der Waals surface area contributed by atoms with Crippen molar-refractivity contribution in [3.8, 4) is 0 Å². The van der Waals surface area contributed by atoms with E-state index in [9.17, 15) is 0 Å². The summed E-state index contributed by atoms with van der Waals surface area (Å²) in [6, 6.07) is 2.60. The summed E-state index contributed by atoms with van der Waals surface area (Å²) in [7, 11) is 0. The van der Waals surface area contributed by atoms with Crippen LogP contribution in [0.15, 0.2) is 12.3 Å². The fourth-order valence-corrected chi connectivity index (χ4v) is 2.39. The molecule has 0 aromatic carbocycles. The highest BCUT2D eigenvalue weighted by atomic mass is 127. The molecule has 4 heteroatoms. The molecule has 1 aromatic rings. The Bertz CT molecular complexity index is 258. The predicted octanol–water partition coefficient (Wildman–Crippen LogP) is 1.61. The summed E-state index contributed by atoms with van der Waals surface area (Å²) >= 11 is 2.36. The zero-order valence-corrected chi connectivity index (χ0v) is 8.52. The molecule has 0 radical (unpaired) electrons. The number of halogens is 1. The van der Waals surface area contributed by atoms with Crippen molar-refractivity contribution in [3.63, 3.8) is 0 Å². The number of nitrogens with zero attached hydrogens (tertiary/aromatic N) is 3. The van der Waals surface area contributed by atoms with Crippen molar-refractivity contribution in [2.45, 2.75) is 19.5 Å². The van der Waals surface area contributed by atoms with Crippen molar-refractivity contribution in [2.75, 3.05) is 6.54 Å². The van der Waals surface area contributed by atoms with E-state index in [4.69, 9.17) is 0 Å². The van der Waals surface area contributed by atoms with Gasteiger partial charge in [0, 0.05) is 35.6 Å². The molecule has 0 fully saturated rings. The predicted molar refractivity (Wildman–Crippen MR) is 51.4 cm³/mol. The molecular weight excluding hydrogens is 253 g/mol. The van der Waals surface area contributed by atoms with Gasteiger partial charge in [0.15, 0.2) is 0 Å². The van der Waals surface area contributed by atoms with E-state index in [1.54, 1.807) is 0 Å². The van der Waals surface area contributed by atoms with E-state index in [1.165, 1.54) is 5.69 Å². The second-order valence-corrected chi connectivity index (χ2v) is 4.28. The molecule has 0 bridgehead atoms. The minimum Gasteiger partial charge on any atom is -0.264 e. The molecule has 60 valence electrons. The second-order valence-electron chi connectivity index (χ2n) is 2.92. The molecule has 1 aromatic heterocycles. The van der Waals surface area contributed by atoms with Gasteiger partial charge in [0.2, 0.25) is 0 Å². The third-order valence-electron chi connectivity index (χ3n) is 1.97. The lowest BCUT2D eigenvalue weighted by Gasteiger charge is -2.27. The maximum atomic E-state index is 4.26. The molecule has 0 N–H and O–H groups in total. The summed E-state index contributed by atoms with van der Waals surface area (Å²) in [5.41, 5.74) is 1.32. The summed E-state index contributed by atoms with van der Waals surface area (Å²) in [5, 5.41) is 4.26. The summed E-state index contributed by atoms with van der Waals surface area (Å²) < 4.78 is 4.40. The van der Waals surface area contributed by atoms with Gasteiger partial charge in [-0.25, -0.2) is 3.11 Å². The summed E-state index contributed by atoms with van der Waals surface area (Å²) in [6.07, 6.45) is 1.88. The van der Waals surface area contributed by atoms with Crippen LogP contribution < -0.4 is 0 Å². The van der Waals surface area contributed by atoms with Gasteiger partial charge < -0.3 is 0 Å². The van der Waals surface area contributed by atoms with Crippen LogP contribution in [0.5, 0.6) is 0 Å². The van der Waals surface area contributed by atoms with Gasteiger partial charge in [-0.3, -0.25) is 4.68 Å². The Balaban J connectivity index is 2.36. The Labute approximate surface area is 79.9 Å². The van der Waals surface area contributed by atoms with Crippen LogP contribution in [-0.2, 0) is 6.54 Å². The van der Waals surface area contributed by atoms with Crippen molar-refractivity contribution >= 4 is 22.9 Å². The minimum atomic E-state index is 0.519. The molecule has 1 aliphatic heterocycles. The number of fused-ring (bicyclic) bond motifs is 1. The van der Waals surface area contributed by atoms with Crippen LogP contribution >= 0.6 is 22.9 Å². The molecule has 0 saturated carbocycles. The highest BCUT2D eigenvalue weighted by molar-refractivity contribution is 14.1. The van der Waals surface area contributed by atoms with Gasteiger partial charge in [-0.1, -0.05) is 0 Å². The fourth-order valence-electron chi connectivity index (χ4n) is 1.47. The lowest BCUT2D eigenvalue weighted by molar-refractivity contribution is 0.318. The van der Waals surface area contributed by atoms with Gasteiger partial charge >= 0.3 is 0 Å². The Morgan fingerprint density at radius 2 is 2.55 bits per heavy atom. The SMILES string of the molecule is CC1CN(I)Cc2ccnn21. The van der Waals surface area contributed by atoms with Crippen LogP contribution in [0.1, 0.15) is 18.7 Å².